The summed E-state index contributed by atoms with van der Waals surface area (Å²) in [7, 11) is 0. The van der Waals surface area contributed by atoms with Crippen molar-refractivity contribution in [3.63, 3.8) is 0 Å². The molecule has 5 rings (SSSR count). The number of aromatic nitrogens is 2. The van der Waals surface area contributed by atoms with Gasteiger partial charge >= 0.3 is 5.97 Å². The summed E-state index contributed by atoms with van der Waals surface area (Å²) in [5.74, 6) is 1.94. The average Bonchev–Trinajstić information content (AvgIpc) is 3.48. The minimum atomic E-state index is -0.810. The third-order valence-corrected chi connectivity index (χ3v) is 7.70. The Bertz CT molecular complexity index is 1170. The lowest BCUT2D eigenvalue weighted by Crippen LogP contribution is -2.66. The molecule has 1 fully saturated rings. The van der Waals surface area contributed by atoms with Gasteiger partial charge in [-0.2, -0.15) is 0 Å². The highest BCUT2D eigenvalue weighted by Gasteiger charge is 2.51. The van der Waals surface area contributed by atoms with E-state index in [1.807, 2.05) is 42.8 Å². The van der Waals surface area contributed by atoms with Gasteiger partial charge in [0, 0.05) is 36.6 Å². The van der Waals surface area contributed by atoms with Crippen molar-refractivity contribution < 1.29 is 19.0 Å². The molecule has 1 N–H and O–H groups in total. The molecule has 2 aromatic heterocycles. The lowest BCUT2D eigenvalue weighted by molar-refractivity contribution is -0.155. The molecule has 3 unspecified atom stereocenters. The first-order valence-electron chi connectivity index (χ1n) is 11.3. The van der Waals surface area contributed by atoms with Gasteiger partial charge in [-0.3, -0.25) is 10.1 Å². The molecule has 3 aromatic rings. The molecule has 2 aliphatic rings. The summed E-state index contributed by atoms with van der Waals surface area (Å²) >= 11 is 1.61. The Morgan fingerprint density at radius 3 is 3.00 bits per heavy atom. The molecule has 0 aliphatic carbocycles. The number of rotatable bonds is 6. The summed E-state index contributed by atoms with van der Waals surface area (Å²) in [6, 6.07) is 7.92. The highest BCUT2D eigenvalue weighted by molar-refractivity contribution is 7.16. The second-order valence-electron chi connectivity index (χ2n) is 8.56. The van der Waals surface area contributed by atoms with E-state index in [9.17, 15) is 4.79 Å². The standard InChI is InChI=1S/C24H28N4O4S/c1-4-30-22(29)24(26-12-17-5-6-19-20(11-17)32-14-31-19)8-9-28(16(3)15(24)2)23-25-13-18-7-10-33-21(18)27-23/h5-7,10-11,13,15-16,26H,4,8-9,12,14H2,1-3H3. The molecule has 0 amide bonds. The van der Waals surface area contributed by atoms with E-state index in [-0.39, 0.29) is 24.7 Å². The van der Waals surface area contributed by atoms with Crippen molar-refractivity contribution in [2.24, 2.45) is 5.92 Å². The maximum absolute atomic E-state index is 13.3. The topological polar surface area (TPSA) is 85.8 Å². The van der Waals surface area contributed by atoms with Crippen LogP contribution in [0.15, 0.2) is 35.8 Å². The van der Waals surface area contributed by atoms with Crippen LogP contribution >= 0.6 is 11.3 Å². The Hall–Kier alpha value is -2.91. The van der Waals surface area contributed by atoms with Gasteiger partial charge in [0.15, 0.2) is 11.5 Å². The molecule has 0 saturated carbocycles. The predicted octanol–water partition coefficient (Wildman–Crippen LogP) is 3.75. The predicted molar refractivity (Wildman–Crippen MR) is 127 cm³/mol. The summed E-state index contributed by atoms with van der Waals surface area (Å²) < 4.78 is 16.5. The lowest BCUT2D eigenvalue weighted by atomic mass is 9.74. The third-order valence-electron chi connectivity index (χ3n) is 6.88. The first-order chi connectivity index (χ1) is 16.0. The van der Waals surface area contributed by atoms with Crippen LogP contribution in [0.5, 0.6) is 11.5 Å². The zero-order chi connectivity index (χ0) is 23.0. The number of esters is 1. The van der Waals surface area contributed by atoms with E-state index in [0.29, 0.717) is 32.1 Å². The zero-order valence-corrected chi connectivity index (χ0v) is 19.9. The Morgan fingerprint density at radius 1 is 1.30 bits per heavy atom. The minimum Gasteiger partial charge on any atom is -0.465 e. The number of thiophene rings is 1. The first kappa shape index (κ1) is 21.9. The highest BCUT2D eigenvalue weighted by Crippen LogP contribution is 2.37. The van der Waals surface area contributed by atoms with Crippen LogP contribution in [-0.4, -0.2) is 47.5 Å². The molecule has 2 aliphatic heterocycles. The average molecular weight is 469 g/mol. The van der Waals surface area contributed by atoms with E-state index in [1.165, 1.54) is 0 Å². The van der Waals surface area contributed by atoms with Crippen LogP contribution in [0.2, 0.25) is 0 Å². The number of carbonyl (C=O) groups excluding carboxylic acids is 1. The van der Waals surface area contributed by atoms with Gasteiger partial charge in [-0.1, -0.05) is 13.0 Å². The second kappa shape index (κ2) is 8.79. The lowest BCUT2D eigenvalue weighted by Gasteiger charge is -2.49. The number of hydrogen-bond donors (Lipinski definition) is 1. The van der Waals surface area contributed by atoms with Crippen LogP contribution in [0.25, 0.3) is 10.2 Å². The summed E-state index contributed by atoms with van der Waals surface area (Å²) in [5.41, 5.74) is 0.215. The van der Waals surface area contributed by atoms with Gasteiger partial charge in [-0.05, 0) is 49.4 Å². The van der Waals surface area contributed by atoms with Crippen molar-refractivity contribution in [1.29, 1.82) is 0 Å². The van der Waals surface area contributed by atoms with Crippen LogP contribution in [0.1, 0.15) is 32.8 Å². The van der Waals surface area contributed by atoms with Gasteiger partial charge in [0.05, 0.1) is 6.61 Å². The van der Waals surface area contributed by atoms with E-state index in [2.05, 4.69) is 29.0 Å². The number of nitrogens with zero attached hydrogens (tertiary/aromatic N) is 3. The van der Waals surface area contributed by atoms with Crippen LogP contribution in [-0.2, 0) is 16.1 Å². The normalized spacial score (nSPS) is 24.3. The van der Waals surface area contributed by atoms with Crippen molar-refractivity contribution in [3.05, 3.63) is 41.4 Å². The Morgan fingerprint density at radius 2 is 2.15 bits per heavy atom. The SMILES string of the molecule is CCOC(=O)C1(NCc2ccc3c(c2)OCO3)CCN(c2ncc3ccsc3n2)C(C)C1C. The van der Waals surface area contributed by atoms with Crippen molar-refractivity contribution in [1.82, 2.24) is 15.3 Å². The monoisotopic (exact) mass is 468 g/mol. The summed E-state index contributed by atoms with van der Waals surface area (Å²) in [6.45, 7) is 7.82. The molecule has 174 valence electrons. The fraction of sp³-hybridized carbons (Fsp3) is 0.458. The fourth-order valence-corrected chi connectivity index (χ4v) is 5.49. The maximum Gasteiger partial charge on any atom is 0.326 e. The van der Waals surface area contributed by atoms with Crippen molar-refractivity contribution >= 4 is 33.5 Å². The third kappa shape index (κ3) is 3.89. The van der Waals surface area contributed by atoms with Gasteiger partial charge in [0.25, 0.3) is 0 Å². The number of nitrogens with one attached hydrogen (secondary N) is 1. The van der Waals surface area contributed by atoms with E-state index in [1.54, 1.807) is 11.3 Å². The van der Waals surface area contributed by atoms with E-state index in [4.69, 9.17) is 19.2 Å². The molecule has 4 heterocycles. The molecule has 8 nitrogen and oxygen atoms in total. The largest absolute Gasteiger partial charge is 0.465 e. The van der Waals surface area contributed by atoms with Crippen LogP contribution in [0.4, 0.5) is 5.95 Å². The van der Waals surface area contributed by atoms with Crippen LogP contribution < -0.4 is 19.7 Å². The number of fused-ring (bicyclic) bond motifs is 2. The zero-order valence-electron chi connectivity index (χ0n) is 19.0. The number of piperidine rings is 1. The van der Waals surface area contributed by atoms with E-state index in [0.717, 1.165) is 27.3 Å². The number of carbonyl (C=O) groups is 1. The number of ether oxygens (including phenoxy) is 3. The van der Waals surface area contributed by atoms with Gasteiger partial charge in [-0.15, -0.1) is 11.3 Å². The molecule has 1 aromatic carbocycles. The number of anilines is 1. The van der Waals surface area contributed by atoms with Crippen molar-refractivity contribution in [3.8, 4) is 11.5 Å². The Labute approximate surface area is 196 Å². The van der Waals surface area contributed by atoms with Gasteiger partial charge in [0.2, 0.25) is 12.7 Å². The molecule has 0 radical (unpaired) electrons. The minimum absolute atomic E-state index is 0.0322. The van der Waals surface area contributed by atoms with Crippen LogP contribution in [0.3, 0.4) is 0 Å². The first-order valence-corrected chi connectivity index (χ1v) is 12.2. The Balaban J connectivity index is 1.39. The molecule has 3 atom stereocenters. The number of benzene rings is 1. The molecule has 33 heavy (non-hydrogen) atoms. The maximum atomic E-state index is 13.3. The summed E-state index contributed by atoms with van der Waals surface area (Å²) in [5, 5.41) is 6.64. The second-order valence-corrected chi connectivity index (χ2v) is 9.45. The smallest absolute Gasteiger partial charge is 0.326 e. The van der Waals surface area contributed by atoms with E-state index >= 15 is 0 Å². The van der Waals surface area contributed by atoms with E-state index < -0.39 is 5.54 Å². The summed E-state index contributed by atoms with van der Waals surface area (Å²) in [4.78, 5) is 25.8. The molecule has 0 bridgehead atoms. The van der Waals surface area contributed by atoms with Gasteiger partial charge in [-0.25, -0.2) is 9.97 Å². The molecular weight excluding hydrogens is 440 g/mol. The highest BCUT2D eigenvalue weighted by atomic mass is 32.1. The van der Waals surface area contributed by atoms with Gasteiger partial charge in [0.1, 0.15) is 10.4 Å². The quantitative estimate of drug-likeness (QED) is 0.548. The van der Waals surface area contributed by atoms with Gasteiger partial charge < -0.3 is 19.1 Å². The Kier molecular flexibility index (Phi) is 5.84. The molecular formula is C24H28N4O4S. The number of hydrogen-bond acceptors (Lipinski definition) is 9. The molecule has 9 heteroatoms. The molecule has 0 spiro atoms. The molecule has 1 saturated heterocycles. The summed E-state index contributed by atoms with van der Waals surface area (Å²) in [6.07, 6.45) is 2.46. The van der Waals surface area contributed by atoms with Crippen molar-refractivity contribution in [2.75, 3.05) is 24.8 Å². The van der Waals surface area contributed by atoms with Crippen molar-refractivity contribution in [2.45, 2.75) is 45.3 Å². The fourth-order valence-electron chi connectivity index (χ4n) is 4.76. The van der Waals surface area contributed by atoms with Crippen LogP contribution in [0, 0.1) is 5.92 Å².